The summed E-state index contributed by atoms with van der Waals surface area (Å²) in [5, 5.41) is 15.8. The van der Waals surface area contributed by atoms with Crippen molar-refractivity contribution < 1.29 is 9.18 Å². The van der Waals surface area contributed by atoms with E-state index in [4.69, 9.17) is 5.73 Å². The summed E-state index contributed by atoms with van der Waals surface area (Å²) < 4.78 is 13.8. The van der Waals surface area contributed by atoms with Crippen LogP contribution in [0.4, 0.5) is 4.39 Å². The smallest absolute Gasteiger partial charge is 0.254 e. The lowest BCUT2D eigenvalue weighted by molar-refractivity contribution is 0.0934. The fourth-order valence-electron chi connectivity index (χ4n) is 1.62. The molecule has 0 saturated heterocycles. The first kappa shape index (κ1) is 14.6. The molecule has 0 fully saturated rings. The van der Waals surface area contributed by atoms with Crippen molar-refractivity contribution >= 4 is 5.91 Å². The molecule has 1 aromatic carbocycles. The van der Waals surface area contributed by atoms with E-state index in [0.717, 1.165) is 0 Å². The van der Waals surface area contributed by atoms with Crippen LogP contribution in [0.1, 0.15) is 34.7 Å². The molecule has 0 spiro atoms. The van der Waals surface area contributed by atoms with Crippen LogP contribution in [0.2, 0.25) is 0 Å². The van der Waals surface area contributed by atoms with Crippen molar-refractivity contribution in [3.63, 3.8) is 0 Å². The SMILES string of the molecule is CC(NC(=O)c1cc(C#CCN)ccc1F)c1nn[nH]n1. The third-order valence-electron chi connectivity index (χ3n) is 2.64. The van der Waals surface area contributed by atoms with Gasteiger partial charge in [0, 0.05) is 5.56 Å². The van der Waals surface area contributed by atoms with Crippen LogP contribution in [-0.4, -0.2) is 33.1 Å². The topological polar surface area (TPSA) is 110 Å². The Kier molecular flexibility index (Phi) is 4.58. The summed E-state index contributed by atoms with van der Waals surface area (Å²) in [6, 6.07) is 3.54. The third kappa shape index (κ3) is 3.61. The first-order chi connectivity index (χ1) is 10.1. The average molecular weight is 288 g/mol. The molecule has 1 amide bonds. The van der Waals surface area contributed by atoms with Gasteiger partial charge in [0.2, 0.25) is 0 Å². The minimum Gasteiger partial charge on any atom is -0.342 e. The molecule has 1 atom stereocenters. The number of H-pyrrole nitrogens is 1. The van der Waals surface area contributed by atoms with E-state index in [0.29, 0.717) is 11.4 Å². The van der Waals surface area contributed by atoms with Gasteiger partial charge in [0.1, 0.15) is 5.82 Å². The monoisotopic (exact) mass is 288 g/mol. The van der Waals surface area contributed by atoms with Crippen molar-refractivity contribution in [2.75, 3.05) is 6.54 Å². The van der Waals surface area contributed by atoms with Crippen LogP contribution in [0.5, 0.6) is 0 Å². The molecule has 0 aliphatic rings. The molecule has 1 aromatic heterocycles. The Bertz CT molecular complexity index is 688. The van der Waals surface area contributed by atoms with Crippen LogP contribution in [0.3, 0.4) is 0 Å². The van der Waals surface area contributed by atoms with Crippen molar-refractivity contribution in [1.29, 1.82) is 0 Å². The molecule has 0 aliphatic carbocycles. The maximum Gasteiger partial charge on any atom is 0.254 e. The van der Waals surface area contributed by atoms with Crippen LogP contribution >= 0.6 is 0 Å². The van der Waals surface area contributed by atoms with Crippen LogP contribution < -0.4 is 11.1 Å². The highest BCUT2D eigenvalue weighted by Gasteiger charge is 2.17. The number of halogens is 1. The van der Waals surface area contributed by atoms with Gasteiger partial charge in [0.15, 0.2) is 5.82 Å². The van der Waals surface area contributed by atoms with Gasteiger partial charge >= 0.3 is 0 Å². The number of nitrogens with two attached hydrogens (primary N) is 1. The number of aromatic amines is 1. The van der Waals surface area contributed by atoms with Crippen molar-refractivity contribution in [2.45, 2.75) is 13.0 Å². The van der Waals surface area contributed by atoms with E-state index in [1.54, 1.807) is 6.92 Å². The Labute approximate surface area is 120 Å². The Morgan fingerprint density at radius 2 is 2.38 bits per heavy atom. The lowest BCUT2D eigenvalue weighted by atomic mass is 10.1. The largest absolute Gasteiger partial charge is 0.342 e. The number of tetrazole rings is 1. The van der Waals surface area contributed by atoms with Gasteiger partial charge in [-0.2, -0.15) is 5.21 Å². The first-order valence-corrected chi connectivity index (χ1v) is 6.14. The molecule has 21 heavy (non-hydrogen) atoms. The number of nitrogens with zero attached hydrogens (tertiary/aromatic N) is 3. The number of hydrogen-bond acceptors (Lipinski definition) is 5. The number of amides is 1. The summed E-state index contributed by atoms with van der Waals surface area (Å²) in [5.41, 5.74) is 5.69. The molecule has 0 aliphatic heterocycles. The maximum atomic E-state index is 13.8. The summed E-state index contributed by atoms with van der Waals surface area (Å²) in [5.74, 6) is 4.48. The second-order valence-corrected chi connectivity index (χ2v) is 4.17. The molecule has 0 radical (unpaired) electrons. The van der Waals surface area contributed by atoms with E-state index < -0.39 is 17.8 Å². The first-order valence-electron chi connectivity index (χ1n) is 6.14. The highest BCUT2D eigenvalue weighted by molar-refractivity contribution is 5.95. The predicted molar refractivity (Wildman–Crippen MR) is 72.4 cm³/mol. The Balaban J connectivity index is 2.18. The summed E-state index contributed by atoms with van der Waals surface area (Å²) in [7, 11) is 0. The van der Waals surface area contributed by atoms with Gasteiger partial charge in [-0.05, 0) is 25.1 Å². The molecule has 1 unspecified atom stereocenters. The van der Waals surface area contributed by atoms with Crippen molar-refractivity contribution in [3.8, 4) is 11.8 Å². The van der Waals surface area contributed by atoms with Crippen LogP contribution in [0.15, 0.2) is 18.2 Å². The zero-order valence-electron chi connectivity index (χ0n) is 11.2. The second kappa shape index (κ2) is 6.58. The number of hydrogen-bond donors (Lipinski definition) is 3. The van der Waals surface area contributed by atoms with Gasteiger partial charge in [-0.3, -0.25) is 4.79 Å². The van der Waals surface area contributed by atoms with E-state index in [2.05, 4.69) is 37.8 Å². The van der Waals surface area contributed by atoms with Gasteiger partial charge in [-0.25, -0.2) is 4.39 Å². The molecule has 0 saturated carbocycles. The highest BCUT2D eigenvalue weighted by Crippen LogP contribution is 2.12. The van der Waals surface area contributed by atoms with Gasteiger partial charge < -0.3 is 11.1 Å². The highest BCUT2D eigenvalue weighted by atomic mass is 19.1. The maximum absolute atomic E-state index is 13.8. The molecule has 0 bridgehead atoms. The second-order valence-electron chi connectivity index (χ2n) is 4.17. The van der Waals surface area contributed by atoms with Crippen molar-refractivity contribution in [1.82, 2.24) is 25.9 Å². The molecule has 2 rings (SSSR count). The Morgan fingerprint density at radius 3 is 3.05 bits per heavy atom. The average Bonchev–Trinajstić information content (AvgIpc) is 3.00. The zero-order chi connectivity index (χ0) is 15.2. The van der Waals surface area contributed by atoms with Crippen molar-refractivity contribution in [3.05, 3.63) is 41.0 Å². The number of nitrogens with one attached hydrogen (secondary N) is 2. The minimum atomic E-state index is -0.633. The summed E-state index contributed by atoms with van der Waals surface area (Å²) >= 11 is 0. The number of aromatic nitrogens is 4. The molecule has 4 N–H and O–H groups in total. The molecule has 1 heterocycles. The quantitative estimate of drug-likeness (QED) is 0.696. The summed E-state index contributed by atoms with van der Waals surface area (Å²) in [4.78, 5) is 12.1. The number of rotatable bonds is 3. The lowest BCUT2D eigenvalue weighted by Gasteiger charge is -2.10. The van der Waals surface area contributed by atoms with E-state index in [1.165, 1.54) is 18.2 Å². The van der Waals surface area contributed by atoms with Gasteiger partial charge in [0.05, 0.1) is 18.2 Å². The molecule has 108 valence electrons. The Morgan fingerprint density at radius 1 is 1.57 bits per heavy atom. The third-order valence-corrected chi connectivity index (χ3v) is 2.64. The summed E-state index contributed by atoms with van der Waals surface area (Å²) in [6.45, 7) is 1.85. The van der Waals surface area contributed by atoms with E-state index in [1.807, 2.05) is 0 Å². The van der Waals surface area contributed by atoms with Gasteiger partial charge in [0.25, 0.3) is 5.91 Å². The molecular weight excluding hydrogens is 275 g/mol. The molecule has 7 nitrogen and oxygen atoms in total. The number of benzene rings is 1. The predicted octanol–water partition coefficient (Wildman–Crippen LogP) is 0.140. The van der Waals surface area contributed by atoms with Crippen LogP contribution in [0.25, 0.3) is 0 Å². The van der Waals surface area contributed by atoms with Gasteiger partial charge in [-0.15, -0.1) is 10.2 Å². The minimum absolute atomic E-state index is 0.103. The lowest BCUT2D eigenvalue weighted by Crippen LogP contribution is -2.28. The Hall–Kier alpha value is -2.79. The molecular formula is C13H13FN6O. The van der Waals surface area contributed by atoms with Crippen LogP contribution in [-0.2, 0) is 0 Å². The number of carbonyl (C=O) groups is 1. The fourth-order valence-corrected chi connectivity index (χ4v) is 1.62. The fraction of sp³-hybridized carbons (Fsp3) is 0.231. The van der Waals surface area contributed by atoms with E-state index >= 15 is 0 Å². The summed E-state index contributed by atoms with van der Waals surface area (Å²) in [6.07, 6.45) is 0. The van der Waals surface area contributed by atoms with Crippen LogP contribution in [0, 0.1) is 17.7 Å². The zero-order valence-corrected chi connectivity index (χ0v) is 11.2. The number of carbonyl (C=O) groups excluding carboxylic acids is 1. The molecule has 2 aromatic rings. The standard InChI is InChI=1S/C13H13FN6O/c1-8(12-17-19-20-18-12)16-13(21)10-7-9(3-2-6-15)4-5-11(10)14/h4-5,7-8H,6,15H2,1H3,(H,16,21)(H,17,18,19,20). The molecule has 8 heteroatoms. The normalized spacial score (nSPS) is 11.4. The van der Waals surface area contributed by atoms with E-state index in [9.17, 15) is 9.18 Å². The van der Waals surface area contributed by atoms with E-state index in [-0.39, 0.29) is 12.1 Å². The van der Waals surface area contributed by atoms with Crippen molar-refractivity contribution in [2.24, 2.45) is 5.73 Å². The van der Waals surface area contributed by atoms with Gasteiger partial charge in [-0.1, -0.05) is 17.1 Å².